The number of methoxy groups -OCH3 is 1. The van der Waals surface area contributed by atoms with Crippen molar-refractivity contribution in [2.45, 2.75) is 37.4 Å². The molecule has 2 aliphatic rings. The van der Waals surface area contributed by atoms with Gasteiger partial charge in [0.1, 0.15) is 11.3 Å². The van der Waals surface area contributed by atoms with Gasteiger partial charge in [-0.25, -0.2) is 9.59 Å². The summed E-state index contributed by atoms with van der Waals surface area (Å²) in [5, 5.41) is 17.5. The number of fused-ring (bicyclic) bond motifs is 2. The van der Waals surface area contributed by atoms with Crippen LogP contribution in [-0.4, -0.2) is 41.0 Å². The molecule has 2 fully saturated rings. The van der Waals surface area contributed by atoms with Gasteiger partial charge in [-0.1, -0.05) is 6.07 Å². The molecule has 2 aliphatic heterocycles. The van der Waals surface area contributed by atoms with Crippen molar-refractivity contribution < 1.29 is 29.3 Å². The molecule has 2 heterocycles. The average molecular weight is 309 g/mol. The summed E-state index contributed by atoms with van der Waals surface area (Å²) in [7, 11) is 1.40. The van der Waals surface area contributed by atoms with Crippen molar-refractivity contribution in [1.82, 2.24) is 0 Å². The minimum absolute atomic E-state index is 0.0139. The predicted molar refractivity (Wildman–Crippen MR) is 78.1 cm³/mol. The maximum absolute atomic E-state index is 10.7. The molecule has 2 bridgehead atoms. The maximum Gasteiger partial charge on any atom is 0.341 e. The smallest absolute Gasteiger partial charge is 0.341 e. The second kappa shape index (κ2) is 6.23. The minimum atomic E-state index is -1.08. The number of ether oxygens (including phenoxy) is 2. The number of hydrogen-bond donors (Lipinski definition) is 3. The minimum Gasteiger partial charge on any atom is -0.496 e. The molecule has 7 nitrogen and oxygen atoms in total. The lowest BCUT2D eigenvalue weighted by Gasteiger charge is -2.17. The summed E-state index contributed by atoms with van der Waals surface area (Å²) in [4.78, 5) is 21.3. The fraction of sp³-hybridized carbons (Fsp3) is 0.467. The van der Waals surface area contributed by atoms with Crippen LogP contribution in [0.15, 0.2) is 18.2 Å². The van der Waals surface area contributed by atoms with E-state index in [2.05, 4.69) is 0 Å². The molecular weight excluding hydrogens is 290 g/mol. The van der Waals surface area contributed by atoms with Crippen LogP contribution in [0, 0.1) is 0 Å². The molecule has 0 radical (unpaired) electrons. The summed E-state index contributed by atoms with van der Waals surface area (Å²) in [6.45, 7) is 0. The predicted octanol–water partition coefficient (Wildman–Crippen LogP) is 1.76. The number of nitrogen functional groups attached to an aromatic ring is 1. The molecule has 22 heavy (non-hydrogen) atoms. The van der Waals surface area contributed by atoms with Crippen LogP contribution in [0.25, 0.3) is 0 Å². The molecule has 0 aromatic heterocycles. The maximum atomic E-state index is 10.7. The van der Waals surface area contributed by atoms with E-state index in [0.717, 1.165) is 12.8 Å². The Morgan fingerprint density at radius 2 is 1.95 bits per heavy atom. The number of aromatic carboxylic acids is 1. The molecule has 3 rings (SSSR count). The van der Waals surface area contributed by atoms with Crippen molar-refractivity contribution in [2.24, 2.45) is 0 Å². The highest BCUT2D eigenvalue weighted by atomic mass is 16.5. The third kappa shape index (κ3) is 2.99. The topological polar surface area (TPSA) is 119 Å². The van der Waals surface area contributed by atoms with Crippen LogP contribution < -0.4 is 10.5 Å². The summed E-state index contributed by atoms with van der Waals surface area (Å²) >= 11 is 0. The quantitative estimate of drug-likeness (QED) is 0.728. The first kappa shape index (κ1) is 16.1. The number of rotatable bonds is 3. The summed E-state index contributed by atoms with van der Waals surface area (Å²) in [6, 6.07) is 4.71. The van der Waals surface area contributed by atoms with E-state index in [-0.39, 0.29) is 23.1 Å². The molecule has 0 saturated carbocycles. The largest absolute Gasteiger partial charge is 0.496 e. The normalized spacial score (nSPS) is 25.2. The Balaban J connectivity index is 0.000000162. The standard InChI is InChI=1S/C8H9NO3.C7H10O3/c1-12-6-4-2-3-5(9)7(6)8(10)11;8-6(9)7-3-1-5(10-7)2-4-7/h2-4H,9H2,1H3,(H,10,11);5H,1-4H2,(H,8,9). The Labute approximate surface area is 127 Å². The van der Waals surface area contributed by atoms with Crippen molar-refractivity contribution in [1.29, 1.82) is 0 Å². The number of anilines is 1. The summed E-state index contributed by atoms with van der Waals surface area (Å²) in [5.74, 6) is -1.57. The van der Waals surface area contributed by atoms with Crippen molar-refractivity contribution >= 4 is 17.6 Å². The Morgan fingerprint density at radius 3 is 2.27 bits per heavy atom. The highest BCUT2D eigenvalue weighted by Gasteiger charge is 2.51. The van der Waals surface area contributed by atoms with Gasteiger partial charge in [0.05, 0.1) is 13.2 Å². The number of nitrogens with two attached hydrogens (primary N) is 1. The van der Waals surface area contributed by atoms with Crippen molar-refractivity contribution in [3.63, 3.8) is 0 Å². The highest BCUT2D eigenvalue weighted by Crippen LogP contribution is 2.43. The molecule has 0 atom stereocenters. The summed E-state index contributed by atoms with van der Waals surface area (Å²) in [6.07, 6.45) is 3.55. The third-order valence-corrected chi connectivity index (χ3v) is 4.01. The second-order valence-corrected chi connectivity index (χ2v) is 5.35. The number of aliphatic carboxylic acids is 1. The number of hydrogen-bond acceptors (Lipinski definition) is 5. The molecule has 120 valence electrons. The third-order valence-electron chi connectivity index (χ3n) is 4.01. The number of benzene rings is 1. The molecule has 0 unspecified atom stereocenters. The molecule has 7 heteroatoms. The first-order chi connectivity index (χ1) is 10.4. The monoisotopic (exact) mass is 309 g/mol. The van der Waals surface area contributed by atoms with Gasteiger partial charge in [-0.05, 0) is 37.8 Å². The molecule has 0 amide bonds. The average Bonchev–Trinajstić information content (AvgIpc) is 3.09. The van der Waals surface area contributed by atoms with Gasteiger partial charge in [0.2, 0.25) is 0 Å². The molecule has 1 aromatic rings. The summed E-state index contributed by atoms with van der Waals surface area (Å²) < 4.78 is 10.1. The van der Waals surface area contributed by atoms with Gasteiger partial charge < -0.3 is 25.4 Å². The van der Waals surface area contributed by atoms with Crippen LogP contribution >= 0.6 is 0 Å². The first-order valence-electron chi connectivity index (χ1n) is 6.96. The van der Waals surface area contributed by atoms with Crippen molar-refractivity contribution in [2.75, 3.05) is 12.8 Å². The fourth-order valence-electron chi connectivity index (χ4n) is 2.82. The Hall–Kier alpha value is -2.28. The van der Waals surface area contributed by atoms with Gasteiger partial charge in [0.25, 0.3) is 0 Å². The Kier molecular flexibility index (Phi) is 4.56. The lowest BCUT2D eigenvalue weighted by molar-refractivity contribution is -0.157. The SMILES string of the molecule is COc1cccc(N)c1C(=O)O.O=C(O)C12CCC(CC1)O2. The number of carbonyl (C=O) groups is 2. The fourth-order valence-corrected chi connectivity index (χ4v) is 2.82. The van der Waals surface area contributed by atoms with E-state index in [1.54, 1.807) is 12.1 Å². The van der Waals surface area contributed by atoms with Crippen molar-refractivity contribution in [3.05, 3.63) is 23.8 Å². The molecule has 0 spiro atoms. The van der Waals surface area contributed by atoms with Gasteiger partial charge in [-0.15, -0.1) is 0 Å². The number of carboxylic acids is 2. The van der Waals surface area contributed by atoms with Gasteiger partial charge in [0.15, 0.2) is 5.60 Å². The van der Waals surface area contributed by atoms with Crippen molar-refractivity contribution in [3.8, 4) is 5.75 Å². The van der Waals surface area contributed by atoms with Crippen LogP contribution in [0.1, 0.15) is 36.0 Å². The van der Waals surface area contributed by atoms with E-state index < -0.39 is 17.5 Å². The van der Waals surface area contributed by atoms with E-state index >= 15 is 0 Å². The molecule has 2 saturated heterocycles. The van der Waals surface area contributed by atoms with E-state index in [4.69, 9.17) is 25.4 Å². The van der Waals surface area contributed by atoms with Gasteiger partial charge in [-0.3, -0.25) is 0 Å². The lowest BCUT2D eigenvalue weighted by atomic mass is 9.89. The Bertz CT molecular complexity index is 577. The lowest BCUT2D eigenvalue weighted by Crippen LogP contribution is -2.34. The number of carboxylic acid groups (broad SMARTS) is 2. The second-order valence-electron chi connectivity index (χ2n) is 5.35. The Morgan fingerprint density at radius 1 is 1.32 bits per heavy atom. The van der Waals surface area contributed by atoms with Crippen LogP contribution in [0.2, 0.25) is 0 Å². The van der Waals surface area contributed by atoms with E-state index in [1.807, 2.05) is 0 Å². The van der Waals surface area contributed by atoms with Gasteiger partial charge in [-0.2, -0.15) is 0 Å². The highest BCUT2D eigenvalue weighted by molar-refractivity contribution is 5.96. The van der Waals surface area contributed by atoms with Crippen LogP contribution in [-0.2, 0) is 9.53 Å². The molecular formula is C15H19NO6. The molecule has 1 aromatic carbocycles. The zero-order valence-corrected chi connectivity index (χ0v) is 12.2. The van der Waals surface area contributed by atoms with Crippen LogP contribution in [0.3, 0.4) is 0 Å². The molecule has 0 aliphatic carbocycles. The van der Waals surface area contributed by atoms with E-state index in [1.165, 1.54) is 13.2 Å². The molecule has 4 N–H and O–H groups in total. The first-order valence-corrected chi connectivity index (χ1v) is 6.96. The van der Waals surface area contributed by atoms with Crippen LogP contribution in [0.4, 0.5) is 5.69 Å². The van der Waals surface area contributed by atoms with Gasteiger partial charge >= 0.3 is 11.9 Å². The summed E-state index contributed by atoms with van der Waals surface area (Å²) in [5.41, 5.74) is 4.89. The zero-order chi connectivity index (χ0) is 16.3. The van der Waals surface area contributed by atoms with E-state index in [9.17, 15) is 9.59 Å². The zero-order valence-electron chi connectivity index (χ0n) is 12.2. The van der Waals surface area contributed by atoms with Crippen LogP contribution in [0.5, 0.6) is 5.75 Å². The van der Waals surface area contributed by atoms with Gasteiger partial charge in [0, 0.05) is 5.69 Å². The van der Waals surface area contributed by atoms with E-state index in [0.29, 0.717) is 12.8 Å².